The number of thiazole rings is 1. The first kappa shape index (κ1) is 15.9. The maximum absolute atomic E-state index is 12.2. The average Bonchev–Trinajstić information content (AvgIpc) is 2.85. The molecule has 7 heteroatoms. The minimum absolute atomic E-state index is 0.227. The average molecular weight is 325 g/mol. The van der Waals surface area contributed by atoms with Crippen molar-refractivity contribution >= 4 is 27.0 Å². The van der Waals surface area contributed by atoms with Crippen molar-refractivity contribution in [3.8, 4) is 0 Å². The maximum atomic E-state index is 12.2. The van der Waals surface area contributed by atoms with Gasteiger partial charge in [0.05, 0.1) is 11.2 Å². The molecule has 2 rings (SSSR count). The van der Waals surface area contributed by atoms with Gasteiger partial charge in [-0.1, -0.05) is 26.0 Å². The first-order chi connectivity index (χ1) is 9.87. The van der Waals surface area contributed by atoms with Crippen molar-refractivity contribution in [3.63, 3.8) is 0 Å². The van der Waals surface area contributed by atoms with E-state index in [1.54, 1.807) is 19.1 Å². The lowest BCUT2D eigenvalue weighted by molar-refractivity contribution is 0.589. The van der Waals surface area contributed by atoms with Crippen LogP contribution in [0.3, 0.4) is 0 Å². The van der Waals surface area contributed by atoms with Crippen LogP contribution in [-0.2, 0) is 16.6 Å². The molecule has 21 heavy (non-hydrogen) atoms. The molecule has 1 aromatic carbocycles. The number of rotatable bonds is 6. The number of nitrogens with one attached hydrogen (secondary N) is 2. The molecule has 0 radical (unpaired) electrons. The van der Waals surface area contributed by atoms with Crippen LogP contribution >= 0.6 is 11.3 Å². The van der Waals surface area contributed by atoms with Gasteiger partial charge in [-0.05, 0) is 24.6 Å². The second-order valence-corrected chi connectivity index (χ2v) is 8.18. The molecule has 0 aliphatic heterocycles. The first-order valence-corrected chi connectivity index (χ1v) is 8.94. The van der Waals surface area contributed by atoms with E-state index >= 15 is 0 Å². The van der Waals surface area contributed by atoms with Crippen LogP contribution in [0.1, 0.15) is 24.4 Å². The van der Waals surface area contributed by atoms with Gasteiger partial charge in [0.2, 0.25) is 0 Å². The Bertz CT molecular complexity index is 691. The molecule has 2 N–H and O–H groups in total. The molecule has 0 aliphatic carbocycles. The van der Waals surface area contributed by atoms with Crippen LogP contribution < -0.4 is 10.0 Å². The van der Waals surface area contributed by atoms with Gasteiger partial charge in [0.1, 0.15) is 0 Å². The van der Waals surface area contributed by atoms with Crippen LogP contribution in [0.15, 0.2) is 34.7 Å². The Hall–Kier alpha value is -1.44. The van der Waals surface area contributed by atoms with E-state index in [1.807, 2.05) is 12.1 Å². The maximum Gasteiger partial charge on any atom is 0.273 e. The van der Waals surface area contributed by atoms with E-state index in [4.69, 9.17) is 0 Å². The molecule has 0 bridgehead atoms. The van der Waals surface area contributed by atoms with Gasteiger partial charge in [0.25, 0.3) is 10.0 Å². The summed E-state index contributed by atoms with van der Waals surface area (Å²) >= 11 is 1.16. The molecule has 114 valence electrons. The number of sulfonamides is 1. The SMILES string of the molecule is Cc1ncc(S(=O)(=O)Nc2ccc(CNC(C)C)cc2)s1. The normalized spacial score (nSPS) is 11.8. The predicted octanol–water partition coefficient (Wildman–Crippen LogP) is 2.75. The summed E-state index contributed by atoms with van der Waals surface area (Å²) < 4.78 is 27.1. The van der Waals surface area contributed by atoms with Gasteiger partial charge in [-0.25, -0.2) is 13.4 Å². The van der Waals surface area contributed by atoms with E-state index in [1.165, 1.54) is 6.20 Å². The van der Waals surface area contributed by atoms with E-state index < -0.39 is 10.0 Å². The molecule has 2 aromatic rings. The van der Waals surface area contributed by atoms with Crippen molar-refractivity contribution < 1.29 is 8.42 Å². The van der Waals surface area contributed by atoms with E-state index in [9.17, 15) is 8.42 Å². The van der Waals surface area contributed by atoms with Gasteiger partial charge in [-0.15, -0.1) is 11.3 Å². The van der Waals surface area contributed by atoms with Gasteiger partial charge in [0, 0.05) is 18.3 Å². The third-order valence-corrected chi connectivity index (χ3v) is 5.54. The number of aryl methyl sites for hydroxylation is 1. The van der Waals surface area contributed by atoms with Crippen molar-refractivity contribution in [2.45, 2.75) is 37.6 Å². The summed E-state index contributed by atoms with van der Waals surface area (Å²) in [7, 11) is -3.54. The van der Waals surface area contributed by atoms with E-state index in [0.717, 1.165) is 28.5 Å². The summed E-state index contributed by atoms with van der Waals surface area (Å²) in [5.41, 5.74) is 1.66. The van der Waals surface area contributed by atoms with Crippen molar-refractivity contribution in [1.82, 2.24) is 10.3 Å². The predicted molar refractivity (Wildman–Crippen MR) is 86.1 cm³/mol. The minimum atomic E-state index is -3.54. The topological polar surface area (TPSA) is 71.1 Å². The number of nitrogens with zero attached hydrogens (tertiary/aromatic N) is 1. The Balaban J connectivity index is 2.06. The number of anilines is 1. The lowest BCUT2D eigenvalue weighted by Gasteiger charge is -2.09. The van der Waals surface area contributed by atoms with Gasteiger partial charge in [0.15, 0.2) is 4.21 Å². The van der Waals surface area contributed by atoms with Crippen molar-refractivity contribution in [2.24, 2.45) is 0 Å². The Morgan fingerprint density at radius 3 is 2.43 bits per heavy atom. The molecule has 0 aliphatic rings. The van der Waals surface area contributed by atoms with Gasteiger partial charge >= 0.3 is 0 Å². The van der Waals surface area contributed by atoms with Crippen molar-refractivity contribution in [2.75, 3.05) is 4.72 Å². The Labute approximate surface area is 129 Å². The highest BCUT2D eigenvalue weighted by atomic mass is 32.2. The molecule has 1 heterocycles. The van der Waals surface area contributed by atoms with Gasteiger partial charge in [-0.2, -0.15) is 0 Å². The highest BCUT2D eigenvalue weighted by Crippen LogP contribution is 2.21. The minimum Gasteiger partial charge on any atom is -0.310 e. The van der Waals surface area contributed by atoms with Crippen LogP contribution in [0, 0.1) is 6.92 Å². The van der Waals surface area contributed by atoms with Crippen LogP contribution in [0.25, 0.3) is 0 Å². The first-order valence-electron chi connectivity index (χ1n) is 6.64. The number of hydrogen-bond acceptors (Lipinski definition) is 5. The fourth-order valence-electron chi connectivity index (χ4n) is 1.68. The summed E-state index contributed by atoms with van der Waals surface area (Å²) in [4.78, 5) is 3.97. The van der Waals surface area contributed by atoms with E-state index in [-0.39, 0.29) is 4.21 Å². The second kappa shape index (κ2) is 6.55. The quantitative estimate of drug-likeness (QED) is 0.857. The summed E-state index contributed by atoms with van der Waals surface area (Å²) in [6.07, 6.45) is 1.38. The molecule has 0 unspecified atom stereocenters. The van der Waals surface area contributed by atoms with Crippen molar-refractivity contribution in [3.05, 3.63) is 41.0 Å². The molecular weight excluding hydrogens is 306 g/mol. The summed E-state index contributed by atoms with van der Waals surface area (Å²) in [6, 6.07) is 7.76. The number of benzene rings is 1. The highest BCUT2D eigenvalue weighted by molar-refractivity contribution is 7.94. The largest absolute Gasteiger partial charge is 0.310 e. The summed E-state index contributed by atoms with van der Waals surface area (Å²) in [5, 5.41) is 4.04. The third-order valence-electron chi connectivity index (χ3n) is 2.79. The Kier molecular flexibility index (Phi) is 4.97. The molecular formula is C14H19N3O2S2. The van der Waals surface area contributed by atoms with E-state index in [0.29, 0.717) is 11.7 Å². The van der Waals surface area contributed by atoms with Crippen LogP contribution in [-0.4, -0.2) is 19.4 Å². The van der Waals surface area contributed by atoms with Crippen molar-refractivity contribution in [1.29, 1.82) is 0 Å². The molecule has 0 spiro atoms. The molecule has 0 saturated carbocycles. The van der Waals surface area contributed by atoms with Crippen LogP contribution in [0.2, 0.25) is 0 Å². The molecule has 5 nitrogen and oxygen atoms in total. The summed E-state index contributed by atoms with van der Waals surface area (Å²) in [5.74, 6) is 0. The molecule has 0 saturated heterocycles. The second-order valence-electron chi connectivity index (χ2n) is 5.04. The monoisotopic (exact) mass is 325 g/mol. The number of hydrogen-bond donors (Lipinski definition) is 2. The zero-order valence-electron chi connectivity index (χ0n) is 12.3. The van der Waals surface area contributed by atoms with Gasteiger partial charge < -0.3 is 5.32 Å². The molecule has 0 amide bonds. The Morgan fingerprint density at radius 1 is 1.24 bits per heavy atom. The Morgan fingerprint density at radius 2 is 1.90 bits per heavy atom. The molecule has 1 aromatic heterocycles. The smallest absolute Gasteiger partial charge is 0.273 e. The summed E-state index contributed by atoms with van der Waals surface area (Å²) in [6.45, 7) is 6.71. The lowest BCUT2D eigenvalue weighted by Crippen LogP contribution is -2.21. The standard InChI is InChI=1S/C14H19N3O2S2/c1-10(2)15-8-12-4-6-13(7-5-12)17-21(18,19)14-9-16-11(3)20-14/h4-7,9-10,15,17H,8H2,1-3H3. The van der Waals surface area contributed by atoms with Gasteiger partial charge in [-0.3, -0.25) is 4.72 Å². The molecule has 0 fully saturated rings. The van der Waals surface area contributed by atoms with Crippen LogP contribution in [0.4, 0.5) is 5.69 Å². The van der Waals surface area contributed by atoms with E-state index in [2.05, 4.69) is 28.9 Å². The number of aromatic nitrogens is 1. The third kappa shape index (κ3) is 4.52. The zero-order valence-corrected chi connectivity index (χ0v) is 13.9. The fourth-order valence-corrected chi connectivity index (χ4v) is 3.85. The zero-order chi connectivity index (χ0) is 15.5. The molecule has 0 atom stereocenters. The highest BCUT2D eigenvalue weighted by Gasteiger charge is 2.17. The fraction of sp³-hybridized carbons (Fsp3) is 0.357. The lowest BCUT2D eigenvalue weighted by atomic mass is 10.2. The van der Waals surface area contributed by atoms with Crippen LogP contribution in [0.5, 0.6) is 0 Å².